The Morgan fingerprint density at radius 3 is 2.79 bits per heavy atom. The largest absolute Gasteiger partial charge is 0.479 e. The molecule has 0 aliphatic rings. The average molecular weight is 262 g/mol. The minimum absolute atomic E-state index is 0.352. The number of carboxylic acids is 1. The number of carbonyl (C=O) groups is 1. The van der Waals surface area contributed by atoms with E-state index in [0.717, 1.165) is 10.9 Å². The SMILES string of the molecule is CC[C@H](Oc1ccc2c(C)cc(=O)oc2c1)C(=O)O. The van der Waals surface area contributed by atoms with Crippen molar-refractivity contribution in [1.29, 1.82) is 0 Å². The van der Waals surface area contributed by atoms with Crippen LogP contribution in [0.2, 0.25) is 0 Å². The van der Waals surface area contributed by atoms with Crippen molar-refractivity contribution in [2.24, 2.45) is 0 Å². The molecule has 5 heteroatoms. The first-order chi connectivity index (χ1) is 9.01. The molecule has 5 nitrogen and oxygen atoms in total. The molecule has 0 unspecified atom stereocenters. The highest BCUT2D eigenvalue weighted by Crippen LogP contribution is 2.23. The van der Waals surface area contributed by atoms with Crippen LogP contribution < -0.4 is 10.4 Å². The summed E-state index contributed by atoms with van der Waals surface area (Å²) >= 11 is 0. The number of aryl methyl sites for hydroxylation is 1. The lowest BCUT2D eigenvalue weighted by Crippen LogP contribution is -2.25. The van der Waals surface area contributed by atoms with E-state index >= 15 is 0 Å². The normalized spacial score (nSPS) is 12.3. The molecule has 0 radical (unpaired) electrons. The van der Waals surface area contributed by atoms with Crippen LogP contribution in [0.3, 0.4) is 0 Å². The summed E-state index contributed by atoms with van der Waals surface area (Å²) < 4.78 is 10.4. The molecule has 0 fully saturated rings. The predicted molar refractivity (Wildman–Crippen MR) is 69.6 cm³/mol. The van der Waals surface area contributed by atoms with E-state index in [9.17, 15) is 9.59 Å². The van der Waals surface area contributed by atoms with Crippen LogP contribution in [-0.4, -0.2) is 17.2 Å². The van der Waals surface area contributed by atoms with Crippen molar-refractivity contribution in [3.8, 4) is 5.75 Å². The van der Waals surface area contributed by atoms with Crippen molar-refractivity contribution in [2.75, 3.05) is 0 Å². The smallest absolute Gasteiger partial charge is 0.344 e. The van der Waals surface area contributed by atoms with Gasteiger partial charge in [0.05, 0.1) is 0 Å². The van der Waals surface area contributed by atoms with Crippen LogP contribution in [0.15, 0.2) is 33.5 Å². The molecule has 0 saturated carbocycles. The lowest BCUT2D eigenvalue weighted by atomic mass is 10.1. The van der Waals surface area contributed by atoms with Crippen LogP contribution >= 0.6 is 0 Å². The lowest BCUT2D eigenvalue weighted by molar-refractivity contribution is -0.145. The van der Waals surface area contributed by atoms with E-state index in [4.69, 9.17) is 14.3 Å². The number of ether oxygens (including phenoxy) is 1. The highest BCUT2D eigenvalue weighted by Gasteiger charge is 2.17. The molecule has 0 amide bonds. The van der Waals surface area contributed by atoms with E-state index in [1.54, 1.807) is 19.1 Å². The number of rotatable bonds is 4. The molecule has 1 aromatic heterocycles. The van der Waals surface area contributed by atoms with Gasteiger partial charge in [-0.25, -0.2) is 9.59 Å². The van der Waals surface area contributed by atoms with E-state index in [1.807, 2.05) is 6.92 Å². The van der Waals surface area contributed by atoms with Crippen LogP contribution in [-0.2, 0) is 4.79 Å². The minimum Gasteiger partial charge on any atom is -0.479 e. The fraction of sp³-hybridized carbons (Fsp3) is 0.286. The monoisotopic (exact) mass is 262 g/mol. The molecule has 100 valence electrons. The molecule has 2 rings (SSSR count). The zero-order valence-corrected chi connectivity index (χ0v) is 10.7. The Hall–Kier alpha value is -2.30. The van der Waals surface area contributed by atoms with E-state index < -0.39 is 17.7 Å². The van der Waals surface area contributed by atoms with Gasteiger partial charge in [-0.3, -0.25) is 0 Å². The minimum atomic E-state index is -1.02. The highest BCUT2D eigenvalue weighted by atomic mass is 16.5. The van der Waals surface area contributed by atoms with Crippen molar-refractivity contribution in [2.45, 2.75) is 26.4 Å². The molecule has 0 saturated heterocycles. The third-order valence-corrected chi connectivity index (χ3v) is 2.85. The average Bonchev–Trinajstić information content (AvgIpc) is 2.34. The van der Waals surface area contributed by atoms with Gasteiger partial charge in [-0.2, -0.15) is 0 Å². The summed E-state index contributed by atoms with van der Waals surface area (Å²) in [6.07, 6.45) is -0.556. The zero-order chi connectivity index (χ0) is 14.0. The Labute approximate surface area is 109 Å². The van der Waals surface area contributed by atoms with E-state index in [-0.39, 0.29) is 0 Å². The Kier molecular flexibility index (Phi) is 3.55. The van der Waals surface area contributed by atoms with E-state index in [0.29, 0.717) is 17.8 Å². The zero-order valence-electron chi connectivity index (χ0n) is 10.7. The van der Waals surface area contributed by atoms with Crippen LogP contribution in [0.5, 0.6) is 5.75 Å². The molecule has 19 heavy (non-hydrogen) atoms. The maximum Gasteiger partial charge on any atom is 0.344 e. The molecular formula is C14H14O5. The van der Waals surface area contributed by atoms with Gasteiger partial charge in [0, 0.05) is 17.5 Å². The molecule has 0 aliphatic heterocycles. The van der Waals surface area contributed by atoms with Gasteiger partial charge >= 0.3 is 11.6 Å². The quantitative estimate of drug-likeness (QED) is 0.856. The first-order valence-corrected chi connectivity index (χ1v) is 5.95. The van der Waals surface area contributed by atoms with Gasteiger partial charge in [0.15, 0.2) is 6.10 Å². The van der Waals surface area contributed by atoms with E-state index in [1.165, 1.54) is 12.1 Å². The summed E-state index contributed by atoms with van der Waals surface area (Å²) in [6, 6.07) is 6.36. The van der Waals surface area contributed by atoms with Crippen molar-refractivity contribution in [3.05, 3.63) is 40.2 Å². The molecule has 1 atom stereocenters. The Bertz CT molecular complexity index is 671. The van der Waals surface area contributed by atoms with Gasteiger partial charge in [0.2, 0.25) is 0 Å². The molecule has 0 aliphatic carbocycles. The molecular weight excluding hydrogens is 248 g/mol. The maximum absolute atomic E-state index is 11.3. The van der Waals surface area contributed by atoms with Crippen LogP contribution in [0.25, 0.3) is 11.0 Å². The molecule has 2 aromatic rings. The third kappa shape index (κ3) is 2.76. The number of fused-ring (bicyclic) bond motifs is 1. The van der Waals surface area contributed by atoms with Crippen LogP contribution in [0.1, 0.15) is 18.9 Å². The topological polar surface area (TPSA) is 76.7 Å². The molecule has 1 aromatic carbocycles. The summed E-state index contributed by atoms with van der Waals surface area (Å²) in [7, 11) is 0. The number of benzene rings is 1. The molecule has 0 bridgehead atoms. The summed E-state index contributed by atoms with van der Waals surface area (Å²) in [4.78, 5) is 22.2. The lowest BCUT2D eigenvalue weighted by Gasteiger charge is -2.13. The highest BCUT2D eigenvalue weighted by molar-refractivity contribution is 5.81. The first-order valence-electron chi connectivity index (χ1n) is 5.95. The second kappa shape index (κ2) is 5.14. The predicted octanol–water partition coefficient (Wildman–Crippen LogP) is 2.34. The summed E-state index contributed by atoms with van der Waals surface area (Å²) in [6.45, 7) is 3.54. The molecule has 1 heterocycles. The second-order valence-corrected chi connectivity index (χ2v) is 4.26. The number of carboxylic acid groups (broad SMARTS) is 1. The van der Waals surface area contributed by atoms with Gasteiger partial charge in [-0.15, -0.1) is 0 Å². The van der Waals surface area contributed by atoms with Gasteiger partial charge < -0.3 is 14.3 Å². The second-order valence-electron chi connectivity index (χ2n) is 4.26. The van der Waals surface area contributed by atoms with Crippen molar-refractivity contribution < 1.29 is 19.1 Å². The van der Waals surface area contributed by atoms with Crippen LogP contribution in [0.4, 0.5) is 0 Å². The van der Waals surface area contributed by atoms with Gasteiger partial charge in [-0.1, -0.05) is 6.92 Å². The standard InChI is InChI=1S/C14H14O5/c1-3-11(14(16)17)18-9-4-5-10-8(2)6-13(15)19-12(10)7-9/h4-7,11H,3H2,1-2H3,(H,16,17)/t11-/m0/s1. The number of hydrogen-bond donors (Lipinski definition) is 1. The Morgan fingerprint density at radius 2 is 2.16 bits per heavy atom. The first kappa shape index (κ1) is 13.1. The van der Waals surface area contributed by atoms with Gasteiger partial charge in [0.1, 0.15) is 11.3 Å². The summed E-state index contributed by atoms with van der Waals surface area (Å²) in [5, 5.41) is 9.74. The van der Waals surface area contributed by atoms with Crippen LogP contribution in [0, 0.1) is 6.92 Å². The molecule has 0 spiro atoms. The summed E-state index contributed by atoms with van der Waals surface area (Å²) in [5.41, 5.74) is 0.762. The third-order valence-electron chi connectivity index (χ3n) is 2.85. The van der Waals surface area contributed by atoms with Crippen molar-refractivity contribution >= 4 is 16.9 Å². The van der Waals surface area contributed by atoms with Gasteiger partial charge in [0.25, 0.3) is 0 Å². The van der Waals surface area contributed by atoms with Gasteiger partial charge in [-0.05, 0) is 31.0 Å². The fourth-order valence-electron chi connectivity index (χ4n) is 1.85. The number of hydrogen-bond acceptors (Lipinski definition) is 4. The maximum atomic E-state index is 11.3. The Balaban J connectivity index is 2.41. The van der Waals surface area contributed by atoms with Crippen molar-refractivity contribution in [1.82, 2.24) is 0 Å². The Morgan fingerprint density at radius 1 is 1.42 bits per heavy atom. The number of aliphatic carboxylic acids is 1. The summed E-state index contributed by atoms with van der Waals surface area (Å²) in [5.74, 6) is -0.649. The van der Waals surface area contributed by atoms with E-state index in [2.05, 4.69) is 0 Å². The fourth-order valence-corrected chi connectivity index (χ4v) is 1.85. The van der Waals surface area contributed by atoms with Crippen molar-refractivity contribution in [3.63, 3.8) is 0 Å². The molecule has 1 N–H and O–H groups in total.